The van der Waals surface area contributed by atoms with Crippen LogP contribution in [0.25, 0.3) is 0 Å². The lowest BCUT2D eigenvalue weighted by molar-refractivity contribution is -0.120. The normalized spacial score (nSPS) is 10.8. The summed E-state index contributed by atoms with van der Waals surface area (Å²) >= 11 is 12.1. The first-order chi connectivity index (χ1) is 13.4. The van der Waals surface area contributed by atoms with Gasteiger partial charge in [0.15, 0.2) is 23.0 Å². The Balaban J connectivity index is 2.10. The van der Waals surface area contributed by atoms with E-state index < -0.39 is 0 Å². The third kappa shape index (κ3) is 5.21. The zero-order chi connectivity index (χ0) is 20.7. The van der Waals surface area contributed by atoms with Crippen LogP contribution in [0.4, 0.5) is 0 Å². The van der Waals surface area contributed by atoms with Gasteiger partial charge in [-0.1, -0.05) is 29.3 Å². The summed E-state index contributed by atoms with van der Waals surface area (Å²) in [6, 6.07) is 6.58. The lowest BCUT2D eigenvalue weighted by Gasteiger charge is -2.11. The highest BCUT2D eigenvalue weighted by atomic mass is 35.5. The second kappa shape index (κ2) is 10.1. The fourth-order valence-corrected chi connectivity index (χ4v) is 2.77. The minimum absolute atomic E-state index is 0.0666. The number of phenols is 1. The quantitative estimate of drug-likeness (QED) is 0.494. The topological polar surface area (TPSA) is 89.4 Å². The van der Waals surface area contributed by atoms with Crippen LogP contribution in [0.5, 0.6) is 23.0 Å². The molecule has 0 radical (unpaired) electrons. The molecule has 0 saturated carbocycles. The summed E-state index contributed by atoms with van der Waals surface area (Å²) in [7, 11) is 3.05. The standard InChI is InChI=1S/C19H20Cl2N2O5/c1-4-28-16-9-13(20)18(21)12(19(16)25)10-22-23-17(24)8-11-5-6-14(26-2)15(7-11)27-3/h5-7,9-10,25H,4,8H2,1-3H3,(H,23,24)/b22-10+. The van der Waals surface area contributed by atoms with Gasteiger partial charge in [0.05, 0.1) is 49.1 Å². The Bertz CT molecular complexity index is 887. The van der Waals surface area contributed by atoms with Crippen molar-refractivity contribution in [3.8, 4) is 23.0 Å². The van der Waals surface area contributed by atoms with Crippen LogP contribution in [-0.4, -0.2) is 38.1 Å². The van der Waals surface area contributed by atoms with E-state index in [4.69, 9.17) is 37.4 Å². The van der Waals surface area contributed by atoms with Gasteiger partial charge in [0.25, 0.3) is 0 Å². The monoisotopic (exact) mass is 426 g/mol. The number of carbonyl (C=O) groups excluding carboxylic acids is 1. The highest BCUT2D eigenvalue weighted by Crippen LogP contribution is 2.39. The van der Waals surface area contributed by atoms with Gasteiger partial charge in [-0.25, -0.2) is 5.43 Å². The largest absolute Gasteiger partial charge is 0.504 e. The van der Waals surface area contributed by atoms with Crippen molar-refractivity contribution in [2.24, 2.45) is 5.10 Å². The van der Waals surface area contributed by atoms with E-state index in [9.17, 15) is 9.90 Å². The summed E-state index contributed by atoms with van der Waals surface area (Å²) in [6.45, 7) is 2.11. The third-order valence-corrected chi connectivity index (χ3v) is 4.49. The Labute approximate surface area is 172 Å². The van der Waals surface area contributed by atoms with E-state index in [1.807, 2.05) is 0 Å². The number of hydrogen-bond acceptors (Lipinski definition) is 6. The molecule has 7 nitrogen and oxygen atoms in total. The van der Waals surface area contributed by atoms with Crippen LogP contribution in [0.2, 0.25) is 10.0 Å². The SMILES string of the molecule is CCOc1cc(Cl)c(Cl)c(/C=N/NC(=O)Cc2ccc(OC)c(OC)c2)c1O. The highest BCUT2D eigenvalue weighted by Gasteiger charge is 2.15. The van der Waals surface area contributed by atoms with Crippen molar-refractivity contribution in [2.75, 3.05) is 20.8 Å². The Morgan fingerprint density at radius 2 is 1.89 bits per heavy atom. The second-order valence-electron chi connectivity index (χ2n) is 5.53. The number of rotatable bonds is 8. The van der Waals surface area contributed by atoms with Crippen molar-refractivity contribution in [3.05, 3.63) is 45.4 Å². The number of aromatic hydroxyl groups is 1. The maximum Gasteiger partial charge on any atom is 0.244 e. The number of phenolic OH excluding ortho intramolecular Hbond substituents is 1. The summed E-state index contributed by atoms with van der Waals surface area (Å²) < 4.78 is 15.7. The zero-order valence-electron chi connectivity index (χ0n) is 15.6. The van der Waals surface area contributed by atoms with Gasteiger partial charge in [-0.3, -0.25) is 4.79 Å². The molecule has 150 valence electrons. The smallest absolute Gasteiger partial charge is 0.244 e. The molecule has 0 heterocycles. The molecule has 9 heteroatoms. The van der Waals surface area contributed by atoms with Gasteiger partial charge in [0.1, 0.15) is 0 Å². The molecular weight excluding hydrogens is 407 g/mol. The Hall–Kier alpha value is -2.64. The minimum Gasteiger partial charge on any atom is -0.504 e. The Morgan fingerprint density at radius 1 is 1.18 bits per heavy atom. The zero-order valence-corrected chi connectivity index (χ0v) is 17.1. The van der Waals surface area contributed by atoms with E-state index in [1.165, 1.54) is 26.5 Å². The summed E-state index contributed by atoms with van der Waals surface area (Å²) in [5.74, 6) is 0.687. The molecule has 2 aromatic carbocycles. The number of amides is 1. The number of methoxy groups -OCH3 is 2. The molecule has 0 aliphatic rings. The summed E-state index contributed by atoms with van der Waals surface area (Å²) in [6.07, 6.45) is 1.27. The lowest BCUT2D eigenvalue weighted by atomic mass is 10.1. The molecule has 0 spiro atoms. The maximum absolute atomic E-state index is 12.1. The first-order valence-electron chi connectivity index (χ1n) is 8.27. The summed E-state index contributed by atoms with van der Waals surface area (Å²) in [5.41, 5.74) is 3.23. The first-order valence-corrected chi connectivity index (χ1v) is 9.03. The average molecular weight is 427 g/mol. The molecular formula is C19H20Cl2N2O5. The Morgan fingerprint density at radius 3 is 2.54 bits per heavy atom. The summed E-state index contributed by atoms with van der Waals surface area (Å²) in [4.78, 5) is 12.1. The van der Waals surface area contributed by atoms with Crippen molar-refractivity contribution in [1.29, 1.82) is 0 Å². The Kier molecular flexibility index (Phi) is 7.78. The van der Waals surface area contributed by atoms with Crippen molar-refractivity contribution in [3.63, 3.8) is 0 Å². The van der Waals surface area contributed by atoms with Crippen molar-refractivity contribution < 1.29 is 24.1 Å². The number of nitrogens with one attached hydrogen (secondary N) is 1. The molecule has 2 rings (SSSR count). The van der Waals surface area contributed by atoms with Gasteiger partial charge < -0.3 is 19.3 Å². The third-order valence-electron chi connectivity index (χ3n) is 3.69. The van der Waals surface area contributed by atoms with Crippen LogP contribution >= 0.6 is 23.2 Å². The molecule has 0 aliphatic heterocycles. The molecule has 0 aromatic heterocycles. The molecule has 0 fully saturated rings. The van der Waals surface area contributed by atoms with Crippen molar-refractivity contribution in [1.82, 2.24) is 5.43 Å². The van der Waals surface area contributed by atoms with Gasteiger partial charge in [0.2, 0.25) is 5.91 Å². The van der Waals surface area contributed by atoms with E-state index in [0.29, 0.717) is 23.7 Å². The van der Waals surface area contributed by atoms with Crippen LogP contribution in [0.1, 0.15) is 18.1 Å². The molecule has 28 heavy (non-hydrogen) atoms. The van der Waals surface area contributed by atoms with E-state index in [1.54, 1.807) is 25.1 Å². The fraction of sp³-hybridized carbons (Fsp3) is 0.263. The average Bonchev–Trinajstić information content (AvgIpc) is 2.68. The predicted molar refractivity (Wildman–Crippen MR) is 108 cm³/mol. The number of ether oxygens (including phenoxy) is 3. The molecule has 2 aromatic rings. The predicted octanol–water partition coefficient (Wildman–Crippen LogP) is 3.81. The van der Waals surface area contributed by atoms with Gasteiger partial charge in [0, 0.05) is 6.07 Å². The number of hydrogen-bond donors (Lipinski definition) is 2. The first kappa shape index (κ1) is 21.7. The molecule has 0 aliphatic carbocycles. The van der Waals surface area contributed by atoms with Crippen LogP contribution < -0.4 is 19.6 Å². The number of benzene rings is 2. The molecule has 2 N–H and O–H groups in total. The van der Waals surface area contributed by atoms with E-state index in [0.717, 1.165) is 0 Å². The van der Waals surface area contributed by atoms with E-state index >= 15 is 0 Å². The number of carbonyl (C=O) groups is 1. The number of nitrogens with zero attached hydrogens (tertiary/aromatic N) is 1. The summed E-state index contributed by atoms with van der Waals surface area (Å²) in [5, 5.41) is 14.4. The number of hydrazone groups is 1. The molecule has 0 saturated heterocycles. The maximum atomic E-state index is 12.1. The molecule has 0 unspecified atom stereocenters. The van der Waals surface area contributed by atoms with Crippen LogP contribution in [0.3, 0.4) is 0 Å². The van der Waals surface area contributed by atoms with E-state index in [2.05, 4.69) is 10.5 Å². The van der Waals surface area contributed by atoms with Gasteiger partial charge in [-0.05, 0) is 24.6 Å². The van der Waals surface area contributed by atoms with Gasteiger partial charge in [-0.2, -0.15) is 5.10 Å². The fourth-order valence-electron chi connectivity index (χ4n) is 2.38. The highest BCUT2D eigenvalue weighted by molar-refractivity contribution is 6.43. The second-order valence-corrected chi connectivity index (χ2v) is 6.31. The van der Waals surface area contributed by atoms with Gasteiger partial charge >= 0.3 is 0 Å². The lowest BCUT2D eigenvalue weighted by Crippen LogP contribution is -2.19. The number of halogens is 2. The van der Waals surface area contributed by atoms with Gasteiger partial charge in [-0.15, -0.1) is 0 Å². The molecule has 0 bridgehead atoms. The van der Waals surface area contributed by atoms with Crippen molar-refractivity contribution >= 4 is 35.3 Å². The molecule has 1 amide bonds. The minimum atomic E-state index is -0.369. The molecule has 0 atom stereocenters. The van der Waals surface area contributed by atoms with Crippen LogP contribution in [0, 0.1) is 0 Å². The van der Waals surface area contributed by atoms with Crippen molar-refractivity contribution in [2.45, 2.75) is 13.3 Å². The van der Waals surface area contributed by atoms with Crippen LogP contribution in [0.15, 0.2) is 29.4 Å². The van der Waals surface area contributed by atoms with E-state index in [-0.39, 0.29) is 39.4 Å². The van der Waals surface area contributed by atoms with Crippen LogP contribution in [-0.2, 0) is 11.2 Å².